The second kappa shape index (κ2) is 7.98. The van der Waals surface area contributed by atoms with Gasteiger partial charge in [-0.1, -0.05) is 13.3 Å². The van der Waals surface area contributed by atoms with Crippen molar-refractivity contribution < 1.29 is 4.92 Å². The molecule has 0 bridgehead atoms. The SMILES string of the molecule is CCCc1nc(N2CCNCC2)nc(N2CCSCC2)c1[N+](=O)[O-]. The van der Waals surface area contributed by atoms with Gasteiger partial charge in [0.05, 0.1) is 4.92 Å². The number of hydrogen-bond donors (Lipinski definition) is 1. The van der Waals surface area contributed by atoms with Gasteiger partial charge in [-0.2, -0.15) is 16.7 Å². The molecule has 0 spiro atoms. The molecule has 1 N–H and O–H groups in total. The molecule has 0 aromatic carbocycles. The third-order valence-corrected chi connectivity index (χ3v) is 5.25. The average Bonchev–Trinajstić information content (AvgIpc) is 2.62. The van der Waals surface area contributed by atoms with Crippen molar-refractivity contribution in [3.8, 4) is 0 Å². The van der Waals surface area contributed by atoms with Gasteiger partial charge < -0.3 is 15.1 Å². The highest BCUT2D eigenvalue weighted by atomic mass is 32.2. The fourth-order valence-electron chi connectivity index (χ4n) is 3.08. The molecule has 2 saturated heterocycles. The Kier molecular flexibility index (Phi) is 5.72. The minimum atomic E-state index is -0.302. The summed E-state index contributed by atoms with van der Waals surface area (Å²) < 4.78 is 0. The van der Waals surface area contributed by atoms with Crippen molar-refractivity contribution in [2.24, 2.45) is 0 Å². The molecule has 3 rings (SSSR count). The van der Waals surface area contributed by atoms with Gasteiger partial charge in [0.1, 0.15) is 5.69 Å². The van der Waals surface area contributed by atoms with Crippen LogP contribution in [0.2, 0.25) is 0 Å². The van der Waals surface area contributed by atoms with Crippen LogP contribution in [-0.4, -0.2) is 65.7 Å². The fraction of sp³-hybridized carbons (Fsp3) is 0.733. The standard InChI is InChI=1S/C15H24N6O2S/c1-2-3-12-13(21(22)23)14(19-8-10-24-11-9-19)18-15(17-12)20-6-4-16-5-7-20/h16H,2-11H2,1H3. The second-order valence-corrected chi connectivity index (χ2v) is 7.21. The lowest BCUT2D eigenvalue weighted by Gasteiger charge is -2.31. The number of aryl methyl sites for hydroxylation is 1. The molecular formula is C15H24N6O2S. The van der Waals surface area contributed by atoms with Crippen LogP contribution in [0.1, 0.15) is 19.0 Å². The summed E-state index contributed by atoms with van der Waals surface area (Å²) >= 11 is 1.88. The molecule has 8 nitrogen and oxygen atoms in total. The van der Waals surface area contributed by atoms with E-state index in [9.17, 15) is 10.1 Å². The minimum absolute atomic E-state index is 0.0997. The molecule has 3 heterocycles. The van der Waals surface area contributed by atoms with E-state index in [1.807, 2.05) is 18.7 Å². The quantitative estimate of drug-likeness (QED) is 0.627. The van der Waals surface area contributed by atoms with Crippen LogP contribution in [0.5, 0.6) is 0 Å². The summed E-state index contributed by atoms with van der Waals surface area (Å²) in [5, 5.41) is 15.0. The first-order valence-corrected chi connectivity index (χ1v) is 9.70. The Morgan fingerprint density at radius 1 is 1.17 bits per heavy atom. The van der Waals surface area contributed by atoms with E-state index in [1.165, 1.54) is 0 Å². The molecule has 0 unspecified atom stereocenters. The van der Waals surface area contributed by atoms with Crippen molar-refractivity contribution in [1.29, 1.82) is 0 Å². The summed E-state index contributed by atoms with van der Waals surface area (Å²) in [6.07, 6.45) is 1.43. The van der Waals surface area contributed by atoms with E-state index < -0.39 is 0 Å². The molecule has 24 heavy (non-hydrogen) atoms. The second-order valence-electron chi connectivity index (χ2n) is 5.99. The highest BCUT2D eigenvalue weighted by molar-refractivity contribution is 7.99. The van der Waals surface area contributed by atoms with Crippen LogP contribution >= 0.6 is 11.8 Å². The first-order valence-electron chi connectivity index (χ1n) is 8.54. The maximum Gasteiger partial charge on any atom is 0.332 e. The van der Waals surface area contributed by atoms with Crippen LogP contribution < -0.4 is 15.1 Å². The Hall–Kier alpha value is -1.61. The summed E-state index contributed by atoms with van der Waals surface area (Å²) in [4.78, 5) is 24.8. The Morgan fingerprint density at radius 3 is 2.50 bits per heavy atom. The average molecular weight is 352 g/mol. The summed E-state index contributed by atoms with van der Waals surface area (Å²) in [5.41, 5.74) is 0.668. The summed E-state index contributed by atoms with van der Waals surface area (Å²) in [7, 11) is 0. The number of nitrogens with one attached hydrogen (secondary N) is 1. The molecular weight excluding hydrogens is 328 g/mol. The molecule has 0 atom stereocenters. The number of aromatic nitrogens is 2. The number of hydrogen-bond acceptors (Lipinski definition) is 8. The van der Waals surface area contributed by atoms with Crippen molar-refractivity contribution >= 4 is 29.2 Å². The molecule has 1 aromatic heterocycles. The molecule has 132 valence electrons. The molecule has 0 radical (unpaired) electrons. The maximum atomic E-state index is 11.7. The van der Waals surface area contributed by atoms with Crippen LogP contribution in [0.15, 0.2) is 0 Å². The van der Waals surface area contributed by atoms with Crippen LogP contribution in [0.25, 0.3) is 0 Å². The topological polar surface area (TPSA) is 87.4 Å². The number of rotatable bonds is 5. The van der Waals surface area contributed by atoms with Crippen molar-refractivity contribution in [2.75, 3.05) is 60.6 Å². The van der Waals surface area contributed by atoms with Gasteiger partial charge in [-0.05, 0) is 6.42 Å². The zero-order valence-corrected chi connectivity index (χ0v) is 14.8. The molecule has 2 aliphatic heterocycles. The van der Waals surface area contributed by atoms with E-state index >= 15 is 0 Å². The number of nitro groups is 1. The molecule has 2 fully saturated rings. The van der Waals surface area contributed by atoms with Gasteiger partial charge in [0.15, 0.2) is 0 Å². The first-order chi connectivity index (χ1) is 11.7. The third kappa shape index (κ3) is 3.72. The predicted octanol–water partition coefficient (Wildman–Crippen LogP) is 1.30. The van der Waals surface area contributed by atoms with Gasteiger partial charge in [-0.25, -0.2) is 4.98 Å². The minimum Gasteiger partial charge on any atom is -0.349 e. The van der Waals surface area contributed by atoms with E-state index in [0.717, 1.165) is 57.2 Å². The van der Waals surface area contributed by atoms with Gasteiger partial charge in [-0.15, -0.1) is 0 Å². The lowest BCUT2D eigenvalue weighted by Crippen LogP contribution is -2.44. The number of thioether (sulfide) groups is 1. The Morgan fingerprint density at radius 2 is 1.88 bits per heavy atom. The van der Waals surface area contributed by atoms with Crippen LogP contribution in [0.4, 0.5) is 17.5 Å². The Bertz CT molecular complexity index is 588. The van der Waals surface area contributed by atoms with Crippen molar-refractivity contribution in [3.05, 3.63) is 15.8 Å². The lowest BCUT2D eigenvalue weighted by molar-refractivity contribution is -0.385. The first kappa shape index (κ1) is 17.2. The summed E-state index contributed by atoms with van der Waals surface area (Å²) in [5.74, 6) is 3.10. The van der Waals surface area contributed by atoms with Crippen LogP contribution in [-0.2, 0) is 6.42 Å². The molecule has 0 saturated carbocycles. The van der Waals surface area contributed by atoms with E-state index in [0.29, 0.717) is 23.9 Å². The van der Waals surface area contributed by atoms with E-state index in [4.69, 9.17) is 0 Å². The fourth-order valence-corrected chi connectivity index (χ4v) is 3.98. The number of piperazine rings is 1. The molecule has 0 aliphatic carbocycles. The van der Waals surface area contributed by atoms with E-state index in [-0.39, 0.29) is 10.6 Å². The zero-order chi connectivity index (χ0) is 16.9. The number of nitrogens with zero attached hydrogens (tertiary/aromatic N) is 5. The van der Waals surface area contributed by atoms with Crippen LogP contribution in [0, 0.1) is 10.1 Å². The van der Waals surface area contributed by atoms with Crippen molar-refractivity contribution in [2.45, 2.75) is 19.8 Å². The highest BCUT2D eigenvalue weighted by Crippen LogP contribution is 2.33. The largest absolute Gasteiger partial charge is 0.349 e. The summed E-state index contributed by atoms with van der Waals surface area (Å²) in [6.45, 7) is 7.06. The van der Waals surface area contributed by atoms with Gasteiger partial charge in [0, 0.05) is 50.8 Å². The third-order valence-electron chi connectivity index (χ3n) is 4.31. The monoisotopic (exact) mass is 352 g/mol. The predicted molar refractivity (Wildman–Crippen MR) is 97.3 cm³/mol. The van der Waals surface area contributed by atoms with E-state index in [1.54, 1.807) is 0 Å². The Labute approximate surface area is 146 Å². The van der Waals surface area contributed by atoms with Gasteiger partial charge in [0.2, 0.25) is 11.8 Å². The normalized spacial score (nSPS) is 18.7. The van der Waals surface area contributed by atoms with Crippen molar-refractivity contribution in [3.63, 3.8) is 0 Å². The van der Waals surface area contributed by atoms with Crippen LogP contribution in [0.3, 0.4) is 0 Å². The molecule has 1 aromatic rings. The van der Waals surface area contributed by atoms with Gasteiger partial charge in [0.25, 0.3) is 0 Å². The molecule has 0 amide bonds. The lowest BCUT2D eigenvalue weighted by atomic mass is 10.2. The smallest absolute Gasteiger partial charge is 0.332 e. The zero-order valence-electron chi connectivity index (χ0n) is 14.0. The van der Waals surface area contributed by atoms with E-state index in [2.05, 4.69) is 25.1 Å². The Balaban J connectivity index is 2.04. The number of anilines is 2. The molecule has 2 aliphatic rings. The van der Waals surface area contributed by atoms with Gasteiger partial charge >= 0.3 is 5.69 Å². The highest BCUT2D eigenvalue weighted by Gasteiger charge is 2.30. The van der Waals surface area contributed by atoms with Gasteiger partial charge in [-0.3, -0.25) is 10.1 Å². The summed E-state index contributed by atoms with van der Waals surface area (Å²) in [6, 6.07) is 0. The molecule has 9 heteroatoms. The maximum absolute atomic E-state index is 11.7. The van der Waals surface area contributed by atoms with Crippen molar-refractivity contribution in [1.82, 2.24) is 15.3 Å².